The minimum absolute atomic E-state index is 0.295. The summed E-state index contributed by atoms with van der Waals surface area (Å²) in [5.41, 5.74) is 3.06. The second-order valence-electron chi connectivity index (χ2n) is 3.87. The van der Waals surface area contributed by atoms with E-state index in [1.54, 1.807) is 18.2 Å². The van der Waals surface area contributed by atoms with Crippen molar-refractivity contribution >= 4 is 5.97 Å². The molecule has 0 saturated heterocycles. The van der Waals surface area contributed by atoms with Gasteiger partial charge in [-0.2, -0.15) is 5.10 Å². The Bertz CT molecular complexity index is 558. The largest absolute Gasteiger partial charge is 0.478 e. The van der Waals surface area contributed by atoms with Gasteiger partial charge in [-0.1, -0.05) is 12.1 Å². The highest BCUT2D eigenvalue weighted by atomic mass is 16.4. The van der Waals surface area contributed by atoms with Gasteiger partial charge in [0.15, 0.2) is 0 Å². The van der Waals surface area contributed by atoms with Gasteiger partial charge >= 0.3 is 5.97 Å². The van der Waals surface area contributed by atoms with Crippen molar-refractivity contribution in [2.45, 2.75) is 20.4 Å². The first-order valence-corrected chi connectivity index (χ1v) is 5.50. The smallest absolute Gasteiger partial charge is 0.335 e. The SMILES string of the molecule is CCn1nc(C)cc1-c1cccc(C(=O)O)c1. The zero-order valence-electron chi connectivity index (χ0n) is 9.84. The van der Waals surface area contributed by atoms with E-state index >= 15 is 0 Å². The third-order valence-electron chi connectivity index (χ3n) is 2.61. The second kappa shape index (κ2) is 4.41. The molecule has 0 fully saturated rings. The molecule has 88 valence electrons. The molecule has 0 bridgehead atoms. The van der Waals surface area contributed by atoms with Crippen molar-refractivity contribution in [1.29, 1.82) is 0 Å². The van der Waals surface area contributed by atoms with Crippen LogP contribution in [0.4, 0.5) is 0 Å². The molecule has 0 amide bonds. The Morgan fingerprint density at radius 3 is 2.82 bits per heavy atom. The van der Waals surface area contributed by atoms with Crippen LogP contribution in [0.3, 0.4) is 0 Å². The van der Waals surface area contributed by atoms with E-state index in [2.05, 4.69) is 5.10 Å². The summed E-state index contributed by atoms with van der Waals surface area (Å²) in [7, 11) is 0. The van der Waals surface area contributed by atoms with Crippen LogP contribution in [0, 0.1) is 6.92 Å². The van der Waals surface area contributed by atoms with Crippen LogP contribution in [0.5, 0.6) is 0 Å². The van der Waals surface area contributed by atoms with Gasteiger partial charge in [0.25, 0.3) is 0 Å². The van der Waals surface area contributed by atoms with Crippen molar-refractivity contribution in [1.82, 2.24) is 9.78 Å². The molecular formula is C13H14N2O2. The first-order chi connectivity index (χ1) is 8.11. The molecule has 2 aromatic rings. The number of hydrogen-bond acceptors (Lipinski definition) is 2. The summed E-state index contributed by atoms with van der Waals surface area (Å²) in [6.45, 7) is 4.70. The predicted molar refractivity (Wildman–Crippen MR) is 65.0 cm³/mol. The molecule has 0 aliphatic heterocycles. The highest BCUT2D eigenvalue weighted by molar-refractivity contribution is 5.89. The Morgan fingerprint density at radius 2 is 2.18 bits per heavy atom. The number of carbonyl (C=O) groups is 1. The molecule has 1 aromatic carbocycles. The van der Waals surface area contributed by atoms with Gasteiger partial charge in [0, 0.05) is 12.1 Å². The molecule has 1 heterocycles. The Kier molecular flexibility index (Phi) is 2.95. The Labute approximate surface area is 99.5 Å². The van der Waals surface area contributed by atoms with Crippen LogP contribution < -0.4 is 0 Å². The maximum atomic E-state index is 10.9. The van der Waals surface area contributed by atoms with E-state index in [1.807, 2.05) is 30.7 Å². The molecular weight excluding hydrogens is 216 g/mol. The lowest BCUT2D eigenvalue weighted by Crippen LogP contribution is -2.00. The lowest BCUT2D eigenvalue weighted by Gasteiger charge is -2.05. The Morgan fingerprint density at radius 1 is 1.41 bits per heavy atom. The highest BCUT2D eigenvalue weighted by Crippen LogP contribution is 2.21. The average molecular weight is 230 g/mol. The van der Waals surface area contributed by atoms with Crippen molar-refractivity contribution in [3.05, 3.63) is 41.6 Å². The fourth-order valence-electron chi connectivity index (χ4n) is 1.83. The number of rotatable bonds is 3. The normalized spacial score (nSPS) is 10.5. The number of carboxylic acids is 1. The summed E-state index contributed by atoms with van der Waals surface area (Å²) in [5.74, 6) is -0.911. The van der Waals surface area contributed by atoms with Gasteiger partial charge in [-0.15, -0.1) is 0 Å². The number of aromatic nitrogens is 2. The van der Waals surface area contributed by atoms with Gasteiger partial charge < -0.3 is 5.11 Å². The number of aromatic carboxylic acids is 1. The number of carboxylic acid groups (broad SMARTS) is 1. The van der Waals surface area contributed by atoms with Crippen molar-refractivity contribution in [3.63, 3.8) is 0 Å². The summed E-state index contributed by atoms with van der Waals surface area (Å²) in [6.07, 6.45) is 0. The summed E-state index contributed by atoms with van der Waals surface area (Å²) in [6, 6.07) is 8.87. The lowest BCUT2D eigenvalue weighted by molar-refractivity contribution is 0.0697. The quantitative estimate of drug-likeness (QED) is 0.881. The fraction of sp³-hybridized carbons (Fsp3) is 0.231. The van der Waals surface area contributed by atoms with E-state index in [0.717, 1.165) is 23.5 Å². The van der Waals surface area contributed by atoms with Crippen LogP contribution in [0.1, 0.15) is 23.0 Å². The van der Waals surface area contributed by atoms with Crippen LogP contribution in [-0.2, 0) is 6.54 Å². The number of benzene rings is 1. The van der Waals surface area contributed by atoms with E-state index < -0.39 is 5.97 Å². The third kappa shape index (κ3) is 2.20. The molecule has 1 N–H and O–H groups in total. The Hall–Kier alpha value is -2.10. The molecule has 0 unspecified atom stereocenters. The van der Waals surface area contributed by atoms with Crippen LogP contribution >= 0.6 is 0 Å². The van der Waals surface area contributed by atoms with Gasteiger partial charge in [-0.3, -0.25) is 4.68 Å². The van der Waals surface area contributed by atoms with Crippen molar-refractivity contribution in [2.75, 3.05) is 0 Å². The standard InChI is InChI=1S/C13H14N2O2/c1-3-15-12(7-9(2)14-15)10-5-4-6-11(8-10)13(16)17/h4-8H,3H2,1-2H3,(H,16,17). The third-order valence-corrected chi connectivity index (χ3v) is 2.61. The average Bonchev–Trinajstić information content (AvgIpc) is 2.70. The van der Waals surface area contributed by atoms with Crippen LogP contribution in [0.25, 0.3) is 11.3 Å². The molecule has 0 aliphatic carbocycles. The van der Waals surface area contributed by atoms with Crippen molar-refractivity contribution < 1.29 is 9.90 Å². The molecule has 0 saturated carbocycles. The maximum Gasteiger partial charge on any atom is 0.335 e. The molecule has 4 heteroatoms. The number of nitrogens with zero attached hydrogens (tertiary/aromatic N) is 2. The first-order valence-electron chi connectivity index (χ1n) is 5.50. The topological polar surface area (TPSA) is 55.1 Å². The van der Waals surface area contributed by atoms with Crippen LogP contribution in [-0.4, -0.2) is 20.9 Å². The molecule has 0 aliphatic rings. The monoisotopic (exact) mass is 230 g/mol. The second-order valence-corrected chi connectivity index (χ2v) is 3.87. The van der Waals surface area contributed by atoms with E-state index in [4.69, 9.17) is 5.11 Å². The molecule has 17 heavy (non-hydrogen) atoms. The van der Waals surface area contributed by atoms with Crippen LogP contribution in [0.2, 0.25) is 0 Å². The molecule has 4 nitrogen and oxygen atoms in total. The van der Waals surface area contributed by atoms with E-state index in [9.17, 15) is 4.79 Å². The van der Waals surface area contributed by atoms with Gasteiger partial charge in [-0.05, 0) is 32.0 Å². The summed E-state index contributed by atoms with van der Waals surface area (Å²) >= 11 is 0. The summed E-state index contributed by atoms with van der Waals surface area (Å²) < 4.78 is 1.87. The lowest BCUT2D eigenvalue weighted by atomic mass is 10.1. The molecule has 0 radical (unpaired) electrons. The molecule has 2 rings (SSSR count). The molecule has 0 atom stereocenters. The van der Waals surface area contributed by atoms with E-state index in [-0.39, 0.29) is 0 Å². The van der Waals surface area contributed by atoms with E-state index in [0.29, 0.717) is 5.56 Å². The Balaban J connectivity index is 2.52. The van der Waals surface area contributed by atoms with E-state index in [1.165, 1.54) is 0 Å². The highest BCUT2D eigenvalue weighted by Gasteiger charge is 2.09. The van der Waals surface area contributed by atoms with Gasteiger partial charge in [0.1, 0.15) is 0 Å². The predicted octanol–water partition coefficient (Wildman–Crippen LogP) is 2.58. The first kappa shape index (κ1) is 11.4. The van der Waals surface area contributed by atoms with Crippen LogP contribution in [0.15, 0.2) is 30.3 Å². The summed E-state index contributed by atoms with van der Waals surface area (Å²) in [4.78, 5) is 10.9. The molecule has 0 spiro atoms. The van der Waals surface area contributed by atoms with Gasteiger partial charge in [-0.25, -0.2) is 4.79 Å². The van der Waals surface area contributed by atoms with Gasteiger partial charge in [0.05, 0.1) is 17.0 Å². The van der Waals surface area contributed by atoms with Crippen molar-refractivity contribution in [3.8, 4) is 11.3 Å². The fourth-order valence-corrected chi connectivity index (χ4v) is 1.83. The minimum atomic E-state index is -0.911. The number of aryl methyl sites for hydroxylation is 2. The zero-order valence-corrected chi connectivity index (χ0v) is 9.84. The maximum absolute atomic E-state index is 10.9. The number of hydrogen-bond donors (Lipinski definition) is 1. The zero-order chi connectivity index (χ0) is 12.4. The van der Waals surface area contributed by atoms with Crippen molar-refractivity contribution in [2.24, 2.45) is 0 Å². The van der Waals surface area contributed by atoms with Gasteiger partial charge in [0.2, 0.25) is 0 Å². The molecule has 1 aromatic heterocycles. The minimum Gasteiger partial charge on any atom is -0.478 e. The summed E-state index contributed by atoms with van der Waals surface area (Å²) in [5, 5.41) is 13.3.